The Morgan fingerprint density at radius 3 is 2.59 bits per heavy atom. The maximum absolute atomic E-state index is 13.5. The Bertz CT molecular complexity index is 646. The third-order valence-corrected chi connectivity index (χ3v) is 3.32. The predicted molar refractivity (Wildman–Crippen MR) is 84.4 cm³/mol. The maximum Gasteiger partial charge on any atom is 0.238 e. The van der Waals surface area contributed by atoms with E-state index in [1.807, 2.05) is 31.2 Å². The first-order valence-corrected chi connectivity index (χ1v) is 7.02. The van der Waals surface area contributed by atoms with Crippen molar-refractivity contribution in [2.45, 2.75) is 13.0 Å². The second kappa shape index (κ2) is 7.56. The molecule has 0 saturated carbocycles. The molecule has 0 aliphatic heterocycles. The van der Waals surface area contributed by atoms with E-state index in [2.05, 4.69) is 10.6 Å². The molecule has 4 nitrogen and oxygen atoms in total. The SMILES string of the molecule is COc1ccccc1[C@@H](C)NCC(=O)Nc1ccccc1F. The minimum atomic E-state index is -0.450. The van der Waals surface area contributed by atoms with Crippen LogP contribution in [-0.2, 0) is 4.79 Å². The fourth-order valence-electron chi connectivity index (χ4n) is 2.14. The Hall–Kier alpha value is -2.40. The van der Waals surface area contributed by atoms with Crippen LogP contribution in [0.5, 0.6) is 5.75 Å². The van der Waals surface area contributed by atoms with E-state index >= 15 is 0 Å². The Balaban J connectivity index is 1.92. The van der Waals surface area contributed by atoms with Crippen LogP contribution in [0.25, 0.3) is 0 Å². The molecule has 2 rings (SSSR count). The van der Waals surface area contributed by atoms with Crippen LogP contribution in [0.4, 0.5) is 10.1 Å². The van der Waals surface area contributed by atoms with Crippen molar-refractivity contribution in [3.05, 3.63) is 59.9 Å². The van der Waals surface area contributed by atoms with Crippen LogP contribution in [0.2, 0.25) is 0 Å². The van der Waals surface area contributed by atoms with E-state index in [-0.39, 0.29) is 24.2 Å². The topological polar surface area (TPSA) is 50.4 Å². The molecule has 2 aromatic rings. The number of amides is 1. The summed E-state index contributed by atoms with van der Waals surface area (Å²) >= 11 is 0. The van der Waals surface area contributed by atoms with E-state index in [1.54, 1.807) is 19.2 Å². The summed E-state index contributed by atoms with van der Waals surface area (Å²) < 4.78 is 18.8. The molecule has 116 valence electrons. The minimum absolute atomic E-state index is 0.0671. The van der Waals surface area contributed by atoms with Crippen LogP contribution in [0, 0.1) is 5.82 Å². The molecule has 0 aliphatic carbocycles. The first-order valence-electron chi connectivity index (χ1n) is 7.02. The molecule has 2 N–H and O–H groups in total. The molecule has 0 fully saturated rings. The van der Waals surface area contributed by atoms with Crippen LogP contribution >= 0.6 is 0 Å². The van der Waals surface area contributed by atoms with Crippen molar-refractivity contribution in [1.82, 2.24) is 5.32 Å². The first-order chi connectivity index (χ1) is 10.6. The van der Waals surface area contributed by atoms with Gasteiger partial charge in [-0.3, -0.25) is 4.79 Å². The van der Waals surface area contributed by atoms with Gasteiger partial charge in [-0.2, -0.15) is 0 Å². The van der Waals surface area contributed by atoms with Gasteiger partial charge in [-0.25, -0.2) is 4.39 Å². The number of nitrogens with one attached hydrogen (secondary N) is 2. The molecular weight excluding hydrogens is 283 g/mol. The monoisotopic (exact) mass is 302 g/mol. The lowest BCUT2D eigenvalue weighted by atomic mass is 10.1. The Morgan fingerprint density at radius 1 is 1.18 bits per heavy atom. The number of hydrogen-bond acceptors (Lipinski definition) is 3. The van der Waals surface area contributed by atoms with Crippen LogP contribution in [0.1, 0.15) is 18.5 Å². The lowest BCUT2D eigenvalue weighted by Crippen LogP contribution is -2.30. The van der Waals surface area contributed by atoms with Gasteiger partial charge in [0, 0.05) is 11.6 Å². The van der Waals surface area contributed by atoms with Gasteiger partial charge in [0.2, 0.25) is 5.91 Å². The van der Waals surface area contributed by atoms with Crippen LogP contribution in [0.15, 0.2) is 48.5 Å². The molecular formula is C17H19FN2O2. The van der Waals surface area contributed by atoms with Gasteiger partial charge in [-0.05, 0) is 25.1 Å². The zero-order valence-electron chi connectivity index (χ0n) is 12.6. The molecule has 0 aliphatic rings. The summed E-state index contributed by atoms with van der Waals surface area (Å²) in [5, 5.41) is 5.64. The Kier molecular flexibility index (Phi) is 5.49. The van der Waals surface area contributed by atoms with E-state index in [0.717, 1.165) is 11.3 Å². The summed E-state index contributed by atoms with van der Waals surface area (Å²) in [6.45, 7) is 2.02. The van der Waals surface area contributed by atoms with Gasteiger partial charge in [0.15, 0.2) is 0 Å². The third-order valence-electron chi connectivity index (χ3n) is 3.32. The largest absolute Gasteiger partial charge is 0.496 e. The van der Waals surface area contributed by atoms with Gasteiger partial charge in [0.1, 0.15) is 11.6 Å². The molecule has 0 radical (unpaired) electrons. The number of anilines is 1. The van der Waals surface area contributed by atoms with Crippen molar-refractivity contribution in [3.8, 4) is 5.75 Å². The van der Waals surface area contributed by atoms with Crippen molar-refractivity contribution >= 4 is 11.6 Å². The van der Waals surface area contributed by atoms with E-state index < -0.39 is 5.82 Å². The number of rotatable bonds is 6. The molecule has 1 atom stereocenters. The van der Waals surface area contributed by atoms with Crippen molar-refractivity contribution in [3.63, 3.8) is 0 Å². The van der Waals surface area contributed by atoms with Crippen LogP contribution in [-0.4, -0.2) is 19.6 Å². The molecule has 0 saturated heterocycles. The third kappa shape index (κ3) is 4.05. The molecule has 1 amide bonds. The number of para-hydroxylation sites is 2. The van der Waals surface area contributed by atoms with Gasteiger partial charge >= 0.3 is 0 Å². The van der Waals surface area contributed by atoms with Gasteiger partial charge in [0.05, 0.1) is 19.3 Å². The summed E-state index contributed by atoms with van der Waals surface area (Å²) in [4.78, 5) is 11.9. The summed E-state index contributed by atoms with van der Waals surface area (Å²) in [5.41, 5.74) is 1.14. The quantitative estimate of drug-likeness (QED) is 0.862. The van der Waals surface area contributed by atoms with Crippen LogP contribution < -0.4 is 15.4 Å². The lowest BCUT2D eigenvalue weighted by molar-refractivity contribution is -0.115. The van der Waals surface area contributed by atoms with Crippen LogP contribution in [0.3, 0.4) is 0 Å². The molecule has 0 bridgehead atoms. The second-order valence-electron chi connectivity index (χ2n) is 4.87. The highest BCUT2D eigenvalue weighted by Gasteiger charge is 2.12. The van der Waals surface area contributed by atoms with Gasteiger partial charge in [0.25, 0.3) is 0 Å². The Morgan fingerprint density at radius 2 is 1.86 bits per heavy atom. The van der Waals surface area contributed by atoms with Crippen molar-refractivity contribution in [2.24, 2.45) is 0 Å². The highest BCUT2D eigenvalue weighted by Crippen LogP contribution is 2.24. The first kappa shape index (κ1) is 16.0. The molecule has 0 unspecified atom stereocenters. The summed E-state index contributed by atoms with van der Waals surface area (Å²) in [6, 6.07) is 13.6. The highest BCUT2D eigenvalue weighted by atomic mass is 19.1. The fourth-order valence-corrected chi connectivity index (χ4v) is 2.14. The zero-order chi connectivity index (χ0) is 15.9. The molecule has 0 spiro atoms. The number of hydrogen-bond donors (Lipinski definition) is 2. The lowest BCUT2D eigenvalue weighted by Gasteiger charge is -2.17. The van der Waals surface area contributed by atoms with E-state index in [1.165, 1.54) is 12.1 Å². The average molecular weight is 302 g/mol. The number of benzene rings is 2. The molecule has 22 heavy (non-hydrogen) atoms. The Labute approximate surface area is 129 Å². The summed E-state index contributed by atoms with van der Waals surface area (Å²) in [5.74, 6) is 0.0116. The van der Waals surface area contributed by atoms with Crippen molar-refractivity contribution in [1.29, 1.82) is 0 Å². The standard InChI is InChI=1S/C17H19FN2O2/c1-12(13-7-3-6-10-16(13)22-2)19-11-17(21)20-15-9-5-4-8-14(15)18/h3-10,12,19H,11H2,1-2H3,(H,20,21)/t12-/m1/s1. The normalized spacial score (nSPS) is 11.8. The van der Waals surface area contributed by atoms with Crippen molar-refractivity contribution < 1.29 is 13.9 Å². The summed E-state index contributed by atoms with van der Waals surface area (Å²) in [6.07, 6.45) is 0. The molecule has 0 aromatic heterocycles. The number of halogens is 1. The molecule has 5 heteroatoms. The van der Waals surface area contributed by atoms with E-state index in [4.69, 9.17) is 4.74 Å². The van der Waals surface area contributed by atoms with Gasteiger partial charge < -0.3 is 15.4 Å². The number of carbonyl (C=O) groups is 1. The summed E-state index contributed by atoms with van der Waals surface area (Å²) in [7, 11) is 1.61. The maximum atomic E-state index is 13.5. The average Bonchev–Trinajstić information content (AvgIpc) is 2.54. The van der Waals surface area contributed by atoms with Crippen molar-refractivity contribution in [2.75, 3.05) is 19.0 Å². The second-order valence-corrected chi connectivity index (χ2v) is 4.87. The molecule has 0 heterocycles. The number of carbonyl (C=O) groups excluding carboxylic acids is 1. The highest BCUT2D eigenvalue weighted by molar-refractivity contribution is 5.92. The van der Waals surface area contributed by atoms with E-state index in [0.29, 0.717) is 0 Å². The predicted octanol–water partition coefficient (Wildman–Crippen LogP) is 3.12. The van der Waals surface area contributed by atoms with Gasteiger partial charge in [-0.15, -0.1) is 0 Å². The minimum Gasteiger partial charge on any atom is -0.496 e. The smallest absolute Gasteiger partial charge is 0.238 e. The number of ether oxygens (including phenoxy) is 1. The van der Waals surface area contributed by atoms with Gasteiger partial charge in [-0.1, -0.05) is 30.3 Å². The number of methoxy groups -OCH3 is 1. The fraction of sp³-hybridized carbons (Fsp3) is 0.235. The van der Waals surface area contributed by atoms with E-state index in [9.17, 15) is 9.18 Å². The zero-order valence-corrected chi connectivity index (χ0v) is 12.6. The molecule has 2 aromatic carbocycles.